The van der Waals surface area contributed by atoms with Gasteiger partial charge in [-0.15, -0.1) is 0 Å². The van der Waals surface area contributed by atoms with Gasteiger partial charge < -0.3 is 10.6 Å². The first-order valence-corrected chi connectivity index (χ1v) is 3.30. The fraction of sp³-hybridized carbons (Fsp3) is 0.250. The smallest absolute Gasteiger partial charge is 0.0935 e. The molecule has 0 aliphatic carbocycles. The average molecular weight is 136 g/mol. The molecule has 2 N–H and O–H groups in total. The van der Waals surface area contributed by atoms with Gasteiger partial charge in [-0.25, -0.2) is 0 Å². The van der Waals surface area contributed by atoms with Gasteiger partial charge in [-0.1, -0.05) is 13.2 Å². The lowest BCUT2D eigenvalue weighted by molar-refractivity contribution is 0.611. The molecule has 0 unspecified atom stereocenters. The molecule has 1 aliphatic rings. The molecule has 0 atom stereocenters. The highest BCUT2D eigenvalue weighted by atomic mass is 15.2. The van der Waals surface area contributed by atoms with Crippen molar-refractivity contribution in [2.45, 2.75) is 13.1 Å². The van der Waals surface area contributed by atoms with Gasteiger partial charge >= 0.3 is 0 Å². The highest BCUT2D eigenvalue weighted by molar-refractivity contribution is 5.32. The summed E-state index contributed by atoms with van der Waals surface area (Å²) >= 11 is 0. The third-order valence-corrected chi connectivity index (χ3v) is 1.44. The van der Waals surface area contributed by atoms with Gasteiger partial charge in [0.15, 0.2) is 0 Å². The van der Waals surface area contributed by atoms with Crippen molar-refractivity contribution >= 4 is 0 Å². The molecule has 2 nitrogen and oxygen atoms in total. The summed E-state index contributed by atoms with van der Waals surface area (Å²) in [4.78, 5) is 0. The first-order chi connectivity index (χ1) is 4.77. The Kier molecular flexibility index (Phi) is 1.81. The van der Waals surface area contributed by atoms with E-state index in [0.717, 1.165) is 11.4 Å². The molecule has 0 aromatic heterocycles. The molecule has 0 bridgehead atoms. The molecule has 0 saturated heterocycles. The van der Waals surface area contributed by atoms with Crippen LogP contribution in [0.2, 0.25) is 0 Å². The van der Waals surface area contributed by atoms with E-state index in [0.29, 0.717) is 6.17 Å². The second-order valence-electron chi connectivity index (χ2n) is 2.25. The van der Waals surface area contributed by atoms with Crippen LogP contribution in [0.25, 0.3) is 0 Å². The van der Waals surface area contributed by atoms with Gasteiger partial charge in [-0.2, -0.15) is 0 Å². The maximum absolute atomic E-state index is 3.67. The zero-order valence-electron chi connectivity index (χ0n) is 6.15. The number of allylic oxidation sites excluding steroid dienone is 2. The number of nitrogens with one attached hydrogen (secondary N) is 2. The van der Waals surface area contributed by atoms with Crippen LogP contribution in [0.4, 0.5) is 0 Å². The van der Waals surface area contributed by atoms with E-state index in [1.165, 1.54) is 0 Å². The minimum atomic E-state index is 0.293. The second-order valence-corrected chi connectivity index (χ2v) is 2.25. The average Bonchev–Trinajstić information content (AvgIpc) is 2.30. The highest BCUT2D eigenvalue weighted by Gasteiger charge is 2.12. The monoisotopic (exact) mass is 136 g/mol. The fourth-order valence-corrected chi connectivity index (χ4v) is 0.996. The summed E-state index contributed by atoms with van der Waals surface area (Å²) in [7, 11) is 0. The van der Waals surface area contributed by atoms with Crippen molar-refractivity contribution in [3.8, 4) is 0 Å². The van der Waals surface area contributed by atoms with Gasteiger partial charge in [0.25, 0.3) is 0 Å². The summed E-state index contributed by atoms with van der Waals surface area (Å²) in [6, 6.07) is 0. The van der Waals surface area contributed by atoms with Crippen LogP contribution in [0.3, 0.4) is 0 Å². The fourth-order valence-electron chi connectivity index (χ4n) is 0.996. The first kappa shape index (κ1) is 6.93. The van der Waals surface area contributed by atoms with Gasteiger partial charge in [0, 0.05) is 0 Å². The van der Waals surface area contributed by atoms with E-state index in [9.17, 15) is 0 Å². The maximum Gasteiger partial charge on any atom is 0.0935 e. The molecule has 0 fully saturated rings. The lowest BCUT2D eigenvalue weighted by Crippen LogP contribution is -2.28. The minimum Gasteiger partial charge on any atom is -0.364 e. The Balaban J connectivity index is 2.80. The number of hydrogen-bond acceptors (Lipinski definition) is 2. The molecular formula is C8H12N2. The predicted octanol–water partition coefficient (Wildman–Crippen LogP) is 1.11. The van der Waals surface area contributed by atoms with Gasteiger partial charge in [0.2, 0.25) is 0 Å². The van der Waals surface area contributed by atoms with Crippen LogP contribution in [-0.4, -0.2) is 6.17 Å². The van der Waals surface area contributed by atoms with Crippen molar-refractivity contribution in [2.24, 2.45) is 0 Å². The van der Waals surface area contributed by atoms with E-state index < -0.39 is 0 Å². The zero-order valence-corrected chi connectivity index (χ0v) is 6.15. The molecule has 54 valence electrons. The van der Waals surface area contributed by atoms with Crippen LogP contribution in [0.15, 0.2) is 36.7 Å². The summed E-state index contributed by atoms with van der Waals surface area (Å²) in [5, 5.41) is 6.37. The minimum absolute atomic E-state index is 0.293. The third kappa shape index (κ3) is 1.05. The Morgan fingerprint density at radius 3 is 1.90 bits per heavy atom. The quantitative estimate of drug-likeness (QED) is 0.594. The van der Waals surface area contributed by atoms with E-state index in [1.807, 2.05) is 6.92 Å². The molecule has 0 radical (unpaired) electrons. The molecule has 0 spiro atoms. The number of rotatable bonds is 2. The van der Waals surface area contributed by atoms with E-state index in [4.69, 9.17) is 0 Å². The van der Waals surface area contributed by atoms with E-state index in [2.05, 4.69) is 23.8 Å². The molecule has 0 aromatic rings. The summed E-state index contributed by atoms with van der Waals surface area (Å²) in [5.41, 5.74) is 2.06. The van der Waals surface area contributed by atoms with Crippen molar-refractivity contribution in [2.75, 3.05) is 0 Å². The molecule has 1 heterocycles. The van der Waals surface area contributed by atoms with E-state index in [1.54, 1.807) is 12.2 Å². The highest BCUT2D eigenvalue weighted by Crippen LogP contribution is 2.08. The molecule has 1 aliphatic heterocycles. The summed E-state index contributed by atoms with van der Waals surface area (Å²) < 4.78 is 0. The van der Waals surface area contributed by atoms with Crippen LogP contribution in [0, 0.1) is 0 Å². The van der Waals surface area contributed by atoms with Crippen molar-refractivity contribution in [1.29, 1.82) is 0 Å². The summed E-state index contributed by atoms with van der Waals surface area (Å²) in [5.74, 6) is 0. The van der Waals surface area contributed by atoms with Crippen molar-refractivity contribution in [1.82, 2.24) is 10.6 Å². The Bertz CT molecular complexity index is 171. The second kappa shape index (κ2) is 2.60. The largest absolute Gasteiger partial charge is 0.364 e. The van der Waals surface area contributed by atoms with Gasteiger partial charge in [-0.3, -0.25) is 0 Å². The first-order valence-electron chi connectivity index (χ1n) is 3.30. The lowest BCUT2D eigenvalue weighted by Gasteiger charge is -2.04. The summed E-state index contributed by atoms with van der Waals surface area (Å²) in [6.45, 7) is 9.38. The standard InChI is InChI=1S/C8H12N2/c1-4-7-8(5-2)10-6(3)9-7/h4-6,9-10H,1-2H2,3H3. The Morgan fingerprint density at radius 2 is 1.60 bits per heavy atom. The summed E-state index contributed by atoms with van der Waals surface area (Å²) in [6.07, 6.45) is 3.86. The van der Waals surface area contributed by atoms with Crippen LogP contribution in [-0.2, 0) is 0 Å². The number of hydrogen-bond donors (Lipinski definition) is 2. The van der Waals surface area contributed by atoms with Crippen molar-refractivity contribution in [3.05, 3.63) is 36.7 Å². The van der Waals surface area contributed by atoms with Gasteiger partial charge in [0.05, 0.1) is 17.6 Å². The molecular weight excluding hydrogens is 124 g/mol. The Labute approximate surface area is 61.3 Å². The van der Waals surface area contributed by atoms with Crippen molar-refractivity contribution < 1.29 is 0 Å². The van der Waals surface area contributed by atoms with Gasteiger partial charge in [-0.05, 0) is 19.1 Å². The normalized spacial score (nSPS) is 18.1. The van der Waals surface area contributed by atoms with Crippen LogP contribution in [0.5, 0.6) is 0 Å². The topological polar surface area (TPSA) is 24.1 Å². The predicted molar refractivity (Wildman–Crippen MR) is 43.2 cm³/mol. The Morgan fingerprint density at radius 1 is 1.20 bits per heavy atom. The zero-order chi connectivity index (χ0) is 7.56. The van der Waals surface area contributed by atoms with Crippen molar-refractivity contribution in [3.63, 3.8) is 0 Å². The van der Waals surface area contributed by atoms with Gasteiger partial charge in [0.1, 0.15) is 0 Å². The van der Waals surface area contributed by atoms with Crippen LogP contribution < -0.4 is 10.6 Å². The van der Waals surface area contributed by atoms with Crippen LogP contribution >= 0.6 is 0 Å². The third-order valence-electron chi connectivity index (χ3n) is 1.44. The Hall–Kier alpha value is -1.18. The molecule has 0 saturated carbocycles. The maximum atomic E-state index is 3.67. The molecule has 0 amide bonds. The van der Waals surface area contributed by atoms with E-state index in [-0.39, 0.29) is 0 Å². The molecule has 0 aromatic carbocycles. The van der Waals surface area contributed by atoms with E-state index >= 15 is 0 Å². The molecule has 1 rings (SSSR count). The molecule has 2 heteroatoms. The SMILES string of the molecule is C=CC1=C(C=C)NC(C)N1. The lowest BCUT2D eigenvalue weighted by atomic mass is 10.3. The van der Waals surface area contributed by atoms with Crippen LogP contribution in [0.1, 0.15) is 6.92 Å². The molecule has 10 heavy (non-hydrogen) atoms.